The molecule has 2 N–H and O–H groups in total. The maximum Gasteiger partial charge on any atom is 0.416 e. The van der Waals surface area contributed by atoms with E-state index in [2.05, 4.69) is 10.6 Å². The van der Waals surface area contributed by atoms with E-state index >= 15 is 0 Å². The van der Waals surface area contributed by atoms with E-state index in [-0.39, 0.29) is 51.5 Å². The lowest BCUT2D eigenvalue weighted by Gasteiger charge is -2.33. The summed E-state index contributed by atoms with van der Waals surface area (Å²) in [6.07, 6.45) is -2.75. The molecule has 3 rings (SSSR count). The first kappa shape index (κ1) is 27.4. The first-order valence-corrected chi connectivity index (χ1v) is 13.4. The lowest BCUT2D eigenvalue weighted by Crippen LogP contribution is -2.44. The number of rotatable bonds is 8. The molecule has 11 heteroatoms. The highest BCUT2D eigenvalue weighted by Crippen LogP contribution is 2.34. The van der Waals surface area contributed by atoms with E-state index in [1.807, 2.05) is 11.9 Å². The molecule has 1 amide bonds. The van der Waals surface area contributed by atoms with Crippen molar-refractivity contribution in [2.45, 2.75) is 50.0 Å². The quantitative estimate of drug-likeness (QED) is 0.532. The Hall–Kier alpha value is -2.14. The van der Waals surface area contributed by atoms with E-state index < -0.39 is 27.5 Å². The molecule has 1 saturated heterocycles. The number of carbonyl (C=O) groups is 1. The maximum atomic E-state index is 13.9. The average molecular weight is 532 g/mol. The average Bonchev–Trinajstić information content (AvgIpc) is 2.82. The van der Waals surface area contributed by atoms with Crippen molar-refractivity contribution in [1.29, 1.82) is 0 Å². The predicted octanol–water partition coefficient (Wildman–Crippen LogP) is 4.27. The number of halogens is 4. The van der Waals surface area contributed by atoms with Gasteiger partial charge in [-0.3, -0.25) is 9.69 Å². The molecular weight excluding hydrogens is 503 g/mol. The minimum absolute atomic E-state index is 0.0254. The summed E-state index contributed by atoms with van der Waals surface area (Å²) < 4.78 is 66.3. The molecule has 0 spiro atoms. The maximum absolute atomic E-state index is 13.9. The summed E-state index contributed by atoms with van der Waals surface area (Å²) in [6, 6.07) is 8.01. The highest BCUT2D eigenvalue weighted by atomic mass is 35.5. The Morgan fingerprint density at radius 3 is 2.57 bits per heavy atom. The van der Waals surface area contributed by atoms with Gasteiger partial charge in [-0.1, -0.05) is 24.6 Å². The van der Waals surface area contributed by atoms with Crippen LogP contribution in [0.15, 0.2) is 41.3 Å². The standard InChI is InChI=1S/C24H29ClF3N3O3S/c1-3-35(33,34)22-9-8-19(25)11-18(22)13-30-23(32)16-6-7-17(21(12-16)24(26,27)28)14-31-10-4-5-20(15-31)29-2/h6-9,11-12,20,29H,3-5,10,13-15H2,1-2H3,(H,30,32)/t20-/m0/s1. The molecule has 192 valence electrons. The smallest absolute Gasteiger partial charge is 0.348 e. The van der Waals surface area contributed by atoms with Crippen LogP contribution in [-0.2, 0) is 29.1 Å². The zero-order chi connectivity index (χ0) is 25.8. The van der Waals surface area contributed by atoms with Crippen molar-refractivity contribution in [3.8, 4) is 0 Å². The van der Waals surface area contributed by atoms with Gasteiger partial charge in [0.15, 0.2) is 9.84 Å². The Morgan fingerprint density at radius 2 is 1.91 bits per heavy atom. The van der Waals surface area contributed by atoms with Crippen LogP contribution >= 0.6 is 11.6 Å². The van der Waals surface area contributed by atoms with Gasteiger partial charge in [0.1, 0.15) is 0 Å². The number of piperidine rings is 1. The summed E-state index contributed by atoms with van der Waals surface area (Å²) in [5.41, 5.74) is -0.634. The number of alkyl halides is 3. The van der Waals surface area contributed by atoms with Crippen molar-refractivity contribution >= 4 is 27.3 Å². The number of likely N-dealkylation sites (N-methyl/N-ethyl adjacent to an activating group) is 1. The van der Waals surface area contributed by atoms with Crippen molar-refractivity contribution in [3.63, 3.8) is 0 Å². The molecular formula is C24H29ClF3N3O3S. The third-order valence-electron chi connectivity index (χ3n) is 6.16. The minimum Gasteiger partial charge on any atom is -0.348 e. The summed E-state index contributed by atoms with van der Waals surface area (Å²) in [5.74, 6) is -0.881. The Labute approximate surface area is 208 Å². The van der Waals surface area contributed by atoms with Crippen LogP contribution in [0.4, 0.5) is 13.2 Å². The molecule has 1 aliphatic heterocycles. The summed E-state index contributed by atoms with van der Waals surface area (Å²) in [4.78, 5) is 14.7. The Morgan fingerprint density at radius 1 is 1.17 bits per heavy atom. The van der Waals surface area contributed by atoms with E-state index in [1.54, 1.807) is 0 Å². The van der Waals surface area contributed by atoms with Gasteiger partial charge < -0.3 is 10.6 Å². The van der Waals surface area contributed by atoms with Crippen molar-refractivity contribution in [2.24, 2.45) is 0 Å². The molecule has 2 aromatic rings. The van der Waals surface area contributed by atoms with Gasteiger partial charge in [-0.15, -0.1) is 0 Å². The molecule has 6 nitrogen and oxygen atoms in total. The van der Waals surface area contributed by atoms with Crippen LogP contribution in [0, 0.1) is 0 Å². The van der Waals surface area contributed by atoms with E-state index in [9.17, 15) is 26.4 Å². The number of hydrogen-bond donors (Lipinski definition) is 2. The molecule has 1 fully saturated rings. The van der Waals surface area contributed by atoms with Gasteiger partial charge in [0.05, 0.1) is 16.2 Å². The van der Waals surface area contributed by atoms with Crippen molar-refractivity contribution in [3.05, 3.63) is 63.7 Å². The predicted molar refractivity (Wildman–Crippen MR) is 129 cm³/mol. The number of nitrogens with zero attached hydrogens (tertiary/aromatic N) is 1. The molecule has 0 radical (unpaired) electrons. The molecule has 0 saturated carbocycles. The molecule has 0 bridgehead atoms. The number of benzene rings is 2. The van der Waals surface area contributed by atoms with Gasteiger partial charge >= 0.3 is 6.18 Å². The van der Waals surface area contributed by atoms with Gasteiger partial charge in [0, 0.05) is 36.3 Å². The largest absolute Gasteiger partial charge is 0.416 e. The number of amides is 1. The third-order valence-corrected chi connectivity index (χ3v) is 8.23. The van der Waals surface area contributed by atoms with Crippen LogP contribution in [0.3, 0.4) is 0 Å². The van der Waals surface area contributed by atoms with Gasteiger partial charge in [0.2, 0.25) is 0 Å². The molecule has 0 unspecified atom stereocenters. The number of sulfone groups is 1. The highest BCUT2D eigenvalue weighted by molar-refractivity contribution is 7.91. The van der Waals surface area contributed by atoms with Gasteiger partial charge in [-0.25, -0.2) is 8.42 Å². The number of likely N-dealkylation sites (tertiary alicyclic amines) is 1. The Balaban J connectivity index is 1.81. The van der Waals surface area contributed by atoms with E-state index in [0.717, 1.165) is 18.9 Å². The van der Waals surface area contributed by atoms with Gasteiger partial charge in [0.25, 0.3) is 5.91 Å². The zero-order valence-corrected chi connectivity index (χ0v) is 21.2. The number of hydrogen-bond acceptors (Lipinski definition) is 5. The number of carbonyl (C=O) groups excluding carboxylic acids is 1. The second-order valence-electron chi connectivity index (χ2n) is 8.57. The molecule has 2 aromatic carbocycles. The number of nitrogens with one attached hydrogen (secondary N) is 2. The van der Waals surface area contributed by atoms with E-state index in [1.165, 1.54) is 37.3 Å². The third kappa shape index (κ3) is 6.97. The second-order valence-corrected chi connectivity index (χ2v) is 11.3. The summed E-state index contributed by atoms with van der Waals surface area (Å²) >= 11 is 5.99. The fourth-order valence-electron chi connectivity index (χ4n) is 4.22. The van der Waals surface area contributed by atoms with Crippen LogP contribution in [0.25, 0.3) is 0 Å². The van der Waals surface area contributed by atoms with Crippen molar-refractivity contribution in [2.75, 3.05) is 25.9 Å². The van der Waals surface area contributed by atoms with Crippen LogP contribution in [-0.4, -0.2) is 51.2 Å². The van der Waals surface area contributed by atoms with Gasteiger partial charge in [-0.05, 0) is 67.9 Å². The van der Waals surface area contributed by atoms with E-state index in [0.29, 0.717) is 13.1 Å². The molecule has 1 heterocycles. The van der Waals surface area contributed by atoms with Crippen LogP contribution in [0.5, 0.6) is 0 Å². The fourth-order valence-corrected chi connectivity index (χ4v) is 5.53. The second kappa shape index (κ2) is 11.3. The van der Waals surface area contributed by atoms with Gasteiger partial charge in [-0.2, -0.15) is 13.2 Å². The molecule has 1 aliphatic rings. The highest BCUT2D eigenvalue weighted by Gasteiger charge is 2.35. The normalized spacial score (nSPS) is 17.4. The summed E-state index contributed by atoms with van der Waals surface area (Å²) in [5, 5.41) is 5.98. The fraction of sp³-hybridized carbons (Fsp3) is 0.458. The van der Waals surface area contributed by atoms with Crippen LogP contribution in [0.2, 0.25) is 5.02 Å². The van der Waals surface area contributed by atoms with Crippen molar-refractivity contribution in [1.82, 2.24) is 15.5 Å². The topological polar surface area (TPSA) is 78.5 Å². The molecule has 1 atom stereocenters. The zero-order valence-electron chi connectivity index (χ0n) is 19.6. The van der Waals surface area contributed by atoms with E-state index in [4.69, 9.17) is 11.6 Å². The van der Waals surface area contributed by atoms with Crippen LogP contribution in [0.1, 0.15) is 46.8 Å². The Kier molecular flexibility index (Phi) is 8.85. The van der Waals surface area contributed by atoms with Crippen LogP contribution < -0.4 is 10.6 Å². The lowest BCUT2D eigenvalue weighted by atomic mass is 10.00. The first-order valence-electron chi connectivity index (χ1n) is 11.3. The first-order chi connectivity index (χ1) is 16.4. The SMILES string of the molecule is CCS(=O)(=O)c1ccc(Cl)cc1CNC(=O)c1ccc(CN2CCC[C@H](NC)C2)c(C(F)(F)F)c1. The summed E-state index contributed by atoms with van der Waals surface area (Å²) in [6.45, 7) is 2.79. The lowest BCUT2D eigenvalue weighted by molar-refractivity contribution is -0.138. The monoisotopic (exact) mass is 531 g/mol. The Bertz CT molecular complexity index is 1170. The molecule has 35 heavy (non-hydrogen) atoms. The minimum atomic E-state index is -4.63. The molecule has 0 aromatic heterocycles. The summed E-state index contributed by atoms with van der Waals surface area (Å²) in [7, 11) is -1.74. The van der Waals surface area contributed by atoms with Crippen molar-refractivity contribution < 1.29 is 26.4 Å². The molecule has 0 aliphatic carbocycles.